The van der Waals surface area contributed by atoms with Gasteiger partial charge in [0.1, 0.15) is 5.00 Å². The predicted octanol–water partition coefficient (Wildman–Crippen LogP) is 5.87. The fourth-order valence-electron chi connectivity index (χ4n) is 4.64. The zero-order valence-corrected chi connectivity index (χ0v) is 20.5. The van der Waals surface area contributed by atoms with Crippen LogP contribution in [0.2, 0.25) is 0 Å². The summed E-state index contributed by atoms with van der Waals surface area (Å²) in [5, 5.41) is 12.9. The molecule has 0 fully saturated rings. The Kier molecular flexibility index (Phi) is 6.26. The van der Waals surface area contributed by atoms with Crippen molar-refractivity contribution >= 4 is 40.0 Å². The second-order valence-corrected chi connectivity index (χ2v) is 9.66. The Morgan fingerprint density at radius 1 is 1.11 bits per heavy atom. The topological polar surface area (TPSA) is 80.9 Å². The minimum absolute atomic E-state index is 0.232. The smallest absolute Gasteiger partial charge is 0.341 e. The van der Waals surface area contributed by atoms with Gasteiger partial charge in [0.05, 0.1) is 23.4 Å². The first-order valence-electron chi connectivity index (χ1n) is 11.8. The summed E-state index contributed by atoms with van der Waals surface area (Å²) in [5.41, 5.74) is 3.13. The molecule has 2 heterocycles. The van der Waals surface area contributed by atoms with Gasteiger partial charge in [0.2, 0.25) is 5.88 Å². The van der Waals surface area contributed by atoms with Crippen LogP contribution in [0, 0.1) is 6.92 Å². The van der Waals surface area contributed by atoms with E-state index in [4.69, 9.17) is 4.74 Å². The molecule has 0 saturated heterocycles. The summed E-state index contributed by atoms with van der Waals surface area (Å²) in [5.74, 6) is -0.702. The summed E-state index contributed by atoms with van der Waals surface area (Å²) in [6, 6.07) is 14.9. The maximum Gasteiger partial charge on any atom is 0.341 e. The highest BCUT2D eigenvalue weighted by atomic mass is 32.1. The largest absolute Gasteiger partial charge is 0.494 e. The number of carbonyl (C=O) groups excluding carboxylic acids is 1. The van der Waals surface area contributed by atoms with Gasteiger partial charge in [0, 0.05) is 21.9 Å². The van der Waals surface area contributed by atoms with Gasteiger partial charge < -0.3 is 9.84 Å². The van der Waals surface area contributed by atoms with Gasteiger partial charge in [-0.1, -0.05) is 36.4 Å². The van der Waals surface area contributed by atoms with Gasteiger partial charge >= 0.3 is 5.97 Å². The van der Waals surface area contributed by atoms with Crippen LogP contribution >= 0.6 is 11.3 Å². The Balaban J connectivity index is 1.79. The summed E-state index contributed by atoms with van der Waals surface area (Å²) >= 11 is 1.39. The number of hydrogen-bond acceptors (Lipinski definition) is 6. The average molecular weight is 487 g/mol. The lowest BCUT2D eigenvalue weighted by Crippen LogP contribution is -2.22. The van der Waals surface area contributed by atoms with Gasteiger partial charge in [0.15, 0.2) is 0 Å². The number of nitrogens with zero attached hydrogens (tertiary/aromatic N) is 2. The molecule has 2 aromatic carbocycles. The number of hydrogen-bond donors (Lipinski definition) is 1. The second-order valence-electron chi connectivity index (χ2n) is 8.58. The average Bonchev–Trinajstić information content (AvgIpc) is 3.24. The van der Waals surface area contributed by atoms with Crippen molar-refractivity contribution in [3.8, 4) is 10.9 Å². The first-order valence-corrected chi connectivity index (χ1v) is 12.6. The van der Waals surface area contributed by atoms with Crippen LogP contribution in [-0.2, 0) is 17.6 Å². The molecule has 0 amide bonds. The zero-order valence-electron chi connectivity index (χ0n) is 19.7. The predicted molar refractivity (Wildman–Crippen MR) is 140 cm³/mol. The molecule has 1 aliphatic carbocycles. The number of esters is 1. The zero-order chi connectivity index (χ0) is 24.5. The monoisotopic (exact) mass is 486 g/mol. The van der Waals surface area contributed by atoms with Crippen molar-refractivity contribution in [2.75, 3.05) is 6.61 Å². The van der Waals surface area contributed by atoms with Crippen molar-refractivity contribution in [2.45, 2.75) is 39.5 Å². The van der Waals surface area contributed by atoms with E-state index in [9.17, 15) is 14.7 Å². The molecule has 1 N–H and O–H groups in total. The Morgan fingerprint density at radius 3 is 2.60 bits per heavy atom. The van der Waals surface area contributed by atoms with Crippen molar-refractivity contribution in [3.63, 3.8) is 0 Å². The quantitative estimate of drug-likeness (QED) is 0.282. The van der Waals surface area contributed by atoms with Crippen molar-refractivity contribution in [3.05, 3.63) is 86.0 Å². The molecule has 1 aliphatic rings. The third-order valence-corrected chi connectivity index (χ3v) is 7.66. The van der Waals surface area contributed by atoms with Crippen LogP contribution in [0.3, 0.4) is 0 Å². The number of aryl methyl sites for hydroxylation is 2. The number of aromatic hydroxyl groups is 1. The van der Waals surface area contributed by atoms with E-state index in [-0.39, 0.29) is 18.0 Å². The van der Waals surface area contributed by atoms with E-state index in [0.29, 0.717) is 26.9 Å². The number of ether oxygens (including phenoxy) is 1. The molecule has 0 bridgehead atoms. The van der Waals surface area contributed by atoms with Crippen molar-refractivity contribution < 1.29 is 14.6 Å². The lowest BCUT2D eigenvalue weighted by atomic mass is 9.95. The number of fused-ring (bicyclic) bond motifs is 2. The van der Waals surface area contributed by atoms with Gasteiger partial charge in [-0.25, -0.2) is 9.36 Å². The van der Waals surface area contributed by atoms with Crippen LogP contribution < -0.4 is 5.56 Å². The normalized spacial score (nSPS) is 13.3. The molecule has 5 rings (SSSR count). The van der Waals surface area contributed by atoms with Gasteiger partial charge in [0.25, 0.3) is 5.56 Å². The SMILES string of the molecule is CCOC(=O)c1c(-n2c(O)c(C=Nc3ccccc3C)c3ccccc3c2=O)sc2c1CCCC2. The lowest BCUT2D eigenvalue weighted by Gasteiger charge is -2.15. The maximum absolute atomic E-state index is 13.7. The molecule has 4 aromatic rings. The van der Waals surface area contributed by atoms with Crippen molar-refractivity contribution in [1.82, 2.24) is 4.57 Å². The van der Waals surface area contributed by atoms with Crippen molar-refractivity contribution in [2.24, 2.45) is 4.99 Å². The molecule has 0 saturated carbocycles. The molecule has 7 heteroatoms. The fraction of sp³-hybridized carbons (Fsp3) is 0.250. The number of para-hydroxylation sites is 1. The molecule has 0 aliphatic heterocycles. The molecular formula is C28H26N2O4S. The summed E-state index contributed by atoms with van der Waals surface area (Å²) in [6.45, 7) is 3.96. The van der Waals surface area contributed by atoms with E-state index in [1.165, 1.54) is 15.9 Å². The first kappa shape index (κ1) is 23.1. The highest BCUT2D eigenvalue weighted by Gasteiger charge is 2.30. The maximum atomic E-state index is 13.7. The van der Waals surface area contributed by atoms with Crippen LogP contribution in [0.5, 0.6) is 5.88 Å². The molecule has 178 valence electrons. The third kappa shape index (κ3) is 4.06. The lowest BCUT2D eigenvalue weighted by molar-refractivity contribution is 0.0525. The Morgan fingerprint density at radius 2 is 1.83 bits per heavy atom. The van der Waals surface area contributed by atoms with E-state index in [2.05, 4.69) is 4.99 Å². The molecule has 2 aromatic heterocycles. The van der Waals surface area contributed by atoms with Crippen LogP contribution in [0.1, 0.15) is 51.7 Å². The van der Waals surface area contributed by atoms with Crippen LogP contribution in [0.25, 0.3) is 15.8 Å². The standard InChI is InChI=1S/C28H26N2O4S/c1-3-34-28(33)24-20-13-7-9-15-23(20)35-27(24)30-25(31)19-12-6-5-11-18(19)21(26(30)32)16-29-22-14-8-4-10-17(22)2/h4-6,8,10-12,14,16,32H,3,7,9,13,15H2,1-2H3. The van der Waals surface area contributed by atoms with E-state index >= 15 is 0 Å². The van der Waals surface area contributed by atoms with Crippen LogP contribution in [-0.4, -0.2) is 28.5 Å². The first-order chi connectivity index (χ1) is 17.0. The van der Waals surface area contributed by atoms with Gasteiger partial charge in [-0.05, 0) is 62.8 Å². The van der Waals surface area contributed by atoms with E-state index in [1.54, 1.807) is 31.3 Å². The Labute approximate surface area is 207 Å². The number of thiophene rings is 1. The van der Waals surface area contributed by atoms with Gasteiger partial charge in [-0.15, -0.1) is 11.3 Å². The van der Waals surface area contributed by atoms with E-state index in [0.717, 1.165) is 47.4 Å². The van der Waals surface area contributed by atoms with Gasteiger partial charge in [-0.3, -0.25) is 9.79 Å². The van der Waals surface area contributed by atoms with Gasteiger partial charge in [-0.2, -0.15) is 0 Å². The highest BCUT2D eigenvalue weighted by Crippen LogP contribution is 2.39. The summed E-state index contributed by atoms with van der Waals surface area (Å²) < 4.78 is 6.64. The summed E-state index contributed by atoms with van der Waals surface area (Å²) in [7, 11) is 0. The summed E-state index contributed by atoms with van der Waals surface area (Å²) in [6.07, 6.45) is 5.19. The second kappa shape index (κ2) is 9.50. The van der Waals surface area contributed by atoms with E-state index in [1.807, 2.05) is 37.3 Å². The number of rotatable bonds is 5. The minimum atomic E-state index is -0.462. The number of pyridine rings is 1. The minimum Gasteiger partial charge on any atom is -0.494 e. The number of carbonyl (C=O) groups is 1. The highest BCUT2D eigenvalue weighted by molar-refractivity contribution is 7.15. The molecule has 35 heavy (non-hydrogen) atoms. The number of benzene rings is 2. The molecule has 6 nitrogen and oxygen atoms in total. The van der Waals surface area contributed by atoms with Crippen molar-refractivity contribution in [1.29, 1.82) is 0 Å². The number of aliphatic imine (C=N–C) groups is 1. The number of aromatic nitrogens is 1. The van der Waals surface area contributed by atoms with Crippen LogP contribution in [0.15, 0.2) is 58.3 Å². The Bertz CT molecular complexity index is 1530. The fourth-order valence-corrected chi connectivity index (χ4v) is 6.02. The van der Waals surface area contributed by atoms with Crippen LogP contribution in [0.4, 0.5) is 5.69 Å². The van der Waals surface area contributed by atoms with E-state index < -0.39 is 5.97 Å². The molecular weight excluding hydrogens is 460 g/mol. The summed E-state index contributed by atoms with van der Waals surface area (Å²) in [4.78, 5) is 32.4. The Hall–Kier alpha value is -3.71. The third-order valence-electron chi connectivity index (χ3n) is 6.39. The molecule has 0 radical (unpaired) electrons. The molecule has 0 atom stereocenters. The molecule has 0 unspecified atom stereocenters. The molecule has 0 spiro atoms.